The normalized spacial score (nSPS) is 10.8. The van der Waals surface area contributed by atoms with Crippen molar-refractivity contribution in [3.63, 3.8) is 0 Å². The second-order valence-corrected chi connectivity index (χ2v) is 6.67. The lowest BCUT2D eigenvalue weighted by Gasteiger charge is -2.10. The first-order valence-electron chi connectivity index (χ1n) is 8.30. The van der Waals surface area contributed by atoms with E-state index in [2.05, 4.69) is 4.57 Å². The number of halogens is 1. The van der Waals surface area contributed by atoms with Crippen LogP contribution < -0.4 is 10.5 Å². The molecule has 1 aromatic heterocycles. The summed E-state index contributed by atoms with van der Waals surface area (Å²) < 4.78 is 7.33. The van der Waals surface area contributed by atoms with Crippen molar-refractivity contribution in [3.05, 3.63) is 76.1 Å². The second-order valence-electron chi connectivity index (χ2n) is 6.23. The van der Waals surface area contributed by atoms with Crippen LogP contribution in [0.3, 0.4) is 0 Å². The molecule has 4 nitrogen and oxygen atoms in total. The molecule has 2 N–H and O–H groups in total. The summed E-state index contributed by atoms with van der Waals surface area (Å²) in [7, 11) is 1.63. The highest BCUT2D eigenvalue weighted by atomic mass is 35.5. The average molecular weight is 369 g/mol. The van der Waals surface area contributed by atoms with Crippen molar-refractivity contribution in [1.82, 2.24) is 4.57 Å². The van der Waals surface area contributed by atoms with Gasteiger partial charge in [0.2, 0.25) is 0 Å². The average Bonchev–Trinajstić information content (AvgIpc) is 2.86. The quantitative estimate of drug-likeness (QED) is 0.716. The fourth-order valence-electron chi connectivity index (χ4n) is 3.35. The molecule has 0 saturated heterocycles. The molecule has 0 atom stereocenters. The number of aromatic nitrogens is 1. The van der Waals surface area contributed by atoms with Gasteiger partial charge in [-0.25, -0.2) is 0 Å². The Hall–Kier alpha value is -2.72. The van der Waals surface area contributed by atoms with Gasteiger partial charge in [0.15, 0.2) is 0 Å². The molecule has 1 heterocycles. The summed E-state index contributed by atoms with van der Waals surface area (Å²) in [6.45, 7) is 4.54. The van der Waals surface area contributed by atoms with Gasteiger partial charge in [-0.2, -0.15) is 0 Å². The Morgan fingerprint density at radius 1 is 1.12 bits per heavy atom. The third-order valence-corrected chi connectivity index (χ3v) is 4.87. The number of nitrogens with two attached hydrogens (primary N) is 1. The SMILES string of the molecule is COc1ccc(-c2c(C(N)=O)c(C)n(Cc3cccc(Cl)c3)c2C)cc1. The molecule has 3 rings (SSSR count). The molecule has 0 fully saturated rings. The van der Waals surface area contributed by atoms with Gasteiger partial charge in [0, 0.05) is 28.5 Å². The van der Waals surface area contributed by atoms with Gasteiger partial charge in [-0.1, -0.05) is 35.9 Å². The summed E-state index contributed by atoms with van der Waals surface area (Å²) >= 11 is 6.11. The van der Waals surface area contributed by atoms with Crippen LogP contribution in [0.15, 0.2) is 48.5 Å². The van der Waals surface area contributed by atoms with Crippen LogP contribution in [0.4, 0.5) is 0 Å². The third-order valence-electron chi connectivity index (χ3n) is 4.64. The third kappa shape index (κ3) is 3.33. The highest BCUT2D eigenvalue weighted by Crippen LogP contribution is 2.33. The Morgan fingerprint density at radius 3 is 2.38 bits per heavy atom. The Kier molecular flexibility index (Phi) is 5.05. The Balaban J connectivity index is 2.13. The van der Waals surface area contributed by atoms with Crippen LogP contribution in [-0.2, 0) is 6.54 Å². The predicted molar refractivity (Wildman–Crippen MR) is 105 cm³/mol. The minimum atomic E-state index is -0.429. The molecule has 0 bridgehead atoms. The lowest BCUT2D eigenvalue weighted by atomic mass is 10.00. The van der Waals surface area contributed by atoms with Crippen molar-refractivity contribution >= 4 is 17.5 Å². The van der Waals surface area contributed by atoms with Crippen LogP contribution >= 0.6 is 11.6 Å². The van der Waals surface area contributed by atoms with Crippen molar-refractivity contribution in [2.24, 2.45) is 5.73 Å². The molecule has 0 radical (unpaired) electrons. The summed E-state index contributed by atoms with van der Waals surface area (Å²) in [4.78, 5) is 12.2. The van der Waals surface area contributed by atoms with Crippen molar-refractivity contribution in [1.29, 1.82) is 0 Å². The van der Waals surface area contributed by atoms with Gasteiger partial charge in [-0.05, 0) is 49.2 Å². The molecular formula is C21H21ClN2O2. The topological polar surface area (TPSA) is 57.2 Å². The van der Waals surface area contributed by atoms with Crippen LogP contribution in [0.25, 0.3) is 11.1 Å². The van der Waals surface area contributed by atoms with Gasteiger partial charge in [-0.15, -0.1) is 0 Å². The zero-order chi connectivity index (χ0) is 18.8. The lowest BCUT2D eigenvalue weighted by Crippen LogP contribution is -2.13. The predicted octanol–water partition coefficient (Wildman–Crippen LogP) is 4.58. The Bertz CT molecular complexity index is 959. The molecule has 26 heavy (non-hydrogen) atoms. The Labute approximate surface area is 158 Å². The minimum Gasteiger partial charge on any atom is -0.497 e. The van der Waals surface area contributed by atoms with Crippen molar-refractivity contribution < 1.29 is 9.53 Å². The number of carbonyl (C=O) groups excluding carboxylic acids is 1. The van der Waals surface area contributed by atoms with E-state index in [4.69, 9.17) is 22.1 Å². The van der Waals surface area contributed by atoms with E-state index in [1.807, 2.05) is 62.4 Å². The first-order chi connectivity index (χ1) is 12.4. The molecule has 5 heteroatoms. The number of carbonyl (C=O) groups is 1. The number of benzene rings is 2. The van der Waals surface area contributed by atoms with Crippen molar-refractivity contribution in [2.45, 2.75) is 20.4 Å². The van der Waals surface area contributed by atoms with E-state index >= 15 is 0 Å². The van der Waals surface area contributed by atoms with Crippen molar-refractivity contribution in [3.8, 4) is 16.9 Å². The van der Waals surface area contributed by atoms with E-state index < -0.39 is 5.91 Å². The summed E-state index contributed by atoms with van der Waals surface area (Å²) in [5.74, 6) is 0.336. The van der Waals surface area contributed by atoms with E-state index in [1.165, 1.54) is 0 Å². The maximum Gasteiger partial charge on any atom is 0.251 e. The van der Waals surface area contributed by atoms with Gasteiger partial charge < -0.3 is 15.0 Å². The van der Waals surface area contributed by atoms with Crippen molar-refractivity contribution in [2.75, 3.05) is 7.11 Å². The molecule has 0 aliphatic heterocycles. The number of rotatable bonds is 5. The van der Waals surface area contributed by atoms with Crippen LogP contribution in [0.2, 0.25) is 5.02 Å². The molecule has 0 aliphatic rings. The molecule has 0 aliphatic carbocycles. The fourth-order valence-corrected chi connectivity index (χ4v) is 3.56. The molecular weight excluding hydrogens is 348 g/mol. The lowest BCUT2D eigenvalue weighted by molar-refractivity contribution is 0.1000. The number of ether oxygens (including phenoxy) is 1. The molecule has 1 amide bonds. The summed E-state index contributed by atoms with van der Waals surface area (Å²) in [6, 6.07) is 15.3. The van der Waals surface area contributed by atoms with Crippen LogP contribution in [0, 0.1) is 13.8 Å². The first kappa shape index (κ1) is 18.1. The van der Waals surface area contributed by atoms with Crippen LogP contribution in [-0.4, -0.2) is 17.6 Å². The van der Waals surface area contributed by atoms with E-state index in [0.29, 0.717) is 17.1 Å². The number of hydrogen-bond acceptors (Lipinski definition) is 2. The molecule has 0 spiro atoms. The van der Waals surface area contributed by atoms with Gasteiger partial charge >= 0.3 is 0 Å². The number of amides is 1. The number of nitrogens with zero attached hydrogens (tertiary/aromatic N) is 1. The van der Waals surface area contributed by atoms with E-state index in [-0.39, 0.29) is 0 Å². The molecule has 2 aromatic carbocycles. The largest absolute Gasteiger partial charge is 0.497 e. The number of methoxy groups -OCH3 is 1. The highest BCUT2D eigenvalue weighted by molar-refractivity contribution is 6.30. The minimum absolute atomic E-state index is 0.429. The maximum atomic E-state index is 12.2. The monoisotopic (exact) mass is 368 g/mol. The molecule has 0 unspecified atom stereocenters. The van der Waals surface area contributed by atoms with Gasteiger partial charge in [0.25, 0.3) is 5.91 Å². The first-order valence-corrected chi connectivity index (χ1v) is 8.68. The van der Waals surface area contributed by atoms with E-state index in [9.17, 15) is 4.79 Å². The zero-order valence-corrected chi connectivity index (χ0v) is 15.8. The standard InChI is InChI=1S/C21H21ClN2O2/c1-13-19(16-7-9-18(26-3)10-8-16)20(21(23)25)14(2)24(13)12-15-5-4-6-17(22)11-15/h4-11H,12H2,1-3H3,(H2,23,25). The van der Waals surface area contributed by atoms with Gasteiger partial charge in [-0.3, -0.25) is 4.79 Å². The summed E-state index contributed by atoms with van der Waals surface area (Å²) in [5, 5.41) is 0.690. The van der Waals surface area contributed by atoms with E-state index in [0.717, 1.165) is 33.8 Å². The van der Waals surface area contributed by atoms with Gasteiger partial charge in [0.05, 0.1) is 12.7 Å². The summed E-state index contributed by atoms with van der Waals surface area (Å²) in [5.41, 5.74) is 11.0. The highest BCUT2D eigenvalue weighted by Gasteiger charge is 2.22. The van der Waals surface area contributed by atoms with Crippen LogP contribution in [0.5, 0.6) is 5.75 Å². The smallest absolute Gasteiger partial charge is 0.251 e. The Morgan fingerprint density at radius 2 is 1.81 bits per heavy atom. The van der Waals surface area contributed by atoms with E-state index in [1.54, 1.807) is 7.11 Å². The molecule has 3 aromatic rings. The van der Waals surface area contributed by atoms with Gasteiger partial charge in [0.1, 0.15) is 5.75 Å². The molecule has 134 valence electrons. The molecule has 0 saturated carbocycles. The second kappa shape index (κ2) is 7.26. The number of hydrogen-bond donors (Lipinski definition) is 1. The summed E-state index contributed by atoms with van der Waals surface area (Å²) in [6.07, 6.45) is 0. The zero-order valence-electron chi connectivity index (χ0n) is 15.0. The number of primary amides is 1. The maximum absolute atomic E-state index is 12.2. The van der Waals surface area contributed by atoms with Crippen LogP contribution in [0.1, 0.15) is 27.3 Å². The fraction of sp³-hybridized carbons (Fsp3) is 0.190.